The lowest BCUT2D eigenvalue weighted by atomic mass is 9.96. The second kappa shape index (κ2) is 7.83. The van der Waals surface area contributed by atoms with Gasteiger partial charge in [-0.05, 0) is 36.6 Å². The molecule has 0 unspecified atom stereocenters. The van der Waals surface area contributed by atoms with Crippen molar-refractivity contribution in [2.24, 2.45) is 11.7 Å². The van der Waals surface area contributed by atoms with Gasteiger partial charge in [-0.15, -0.1) is 0 Å². The molecule has 1 fully saturated rings. The van der Waals surface area contributed by atoms with Crippen LogP contribution < -0.4 is 10.5 Å². The van der Waals surface area contributed by atoms with Crippen LogP contribution in [0.1, 0.15) is 28.8 Å². The highest BCUT2D eigenvalue weighted by atomic mass is 16.5. The van der Waals surface area contributed by atoms with Crippen molar-refractivity contribution < 1.29 is 14.3 Å². The van der Waals surface area contributed by atoms with Crippen molar-refractivity contribution >= 4 is 11.8 Å². The fraction of sp³-hybridized carbons (Fsp3) is 0.300. The van der Waals surface area contributed by atoms with Crippen molar-refractivity contribution in [3.8, 4) is 5.75 Å². The van der Waals surface area contributed by atoms with Crippen LogP contribution in [0.3, 0.4) is 0 Å². The number of primary amides is 1. The zero-order valence-corrected chi connectivity index (χ0v) is 14.1. The molecule has 0 spiro atoms. The monoisotopic (exact) mass is 338 g/mol. The van der Waals surface area contributed by atoms with Gasteiger partial charge in [0.25, 0.3) is 5.91 Å². The molecular formula is C20H22N2O3. The maximum absolute atomic E-state index is 12.7. The molecule has 5 nitrogen and oxygen atoms in total. The van der Waals surface area contributed by atoms with E-state index in [0.717, 1.165) is 5.56 Å². The van der Waals surface area contributed by atoms with E-state index in [9.17, 15) is 9.59 Å². The molecule has 2 aromatic rings. The van der Waals surface area contributed by atoms with Crippen molar-refractivity contribution in [3.63, 3.8) is 0 Å². The highest BCUT2D eigenvalue weighted by Crippen LogP contribution is 2.21. The second-order valence-corrected chi connectivity index (χ2v) is 6.27. The summed E-state index contributed by atoms with van der Waals surface area (Å²) in [5.41, 5.74) is 7.02. The van der Waals surface area contributed by atoms with Gasteiger partial charge >= 0.3 is 0 Å². The minimum Gasteiger partial charge on any atom is -0.489 e. The fourth-order valence-corrected chi connectivity index (χ4v) is 3.01. The first kappa shape index (κ1) is 17.0. The normalized spacial score (nSPS) is 15.0. The predicted molar refractivity (Wildman–Crippen MR) is 95.0 cm³/mol. The van der Waals surface area contributed by atoms with Crippen LogP contribution in [0.2, 0.25) is 0 Å². The minimum atomic E-state index is -0.275. The third kappa shape index (κ3) is 4.38. The van der Waals surface area contributed by atoms with E-state index < -0.39 is 0 Å². The Morgan fingerprint density at radius 3 is 2.44 bits per heavy atom. The zero-order valence-electron chi connectivity index (χ0n) is 14.1. The average molecular weight is 338 g/mol. The first-order valence-electron chi connectivity index (χ1n) is 8.49. The first-order chi connectivity index (χ1) is 12.1. The quantitative estimate of drug-likeness (QED) is 0.911. The number of amides is 2. The van der Waals surface area contributed by atoms with Crippen molar-refractivity contribution in [2.45, 2.75) is 19.4 Å². The first-order valence-corrected chi connectivity index (χ1v) is 8.49. The number of hydrogen-bond acceptors (Lipinski definition) is 3. The lowest BCUT2D eigenvalue weighted by Gasteiger charge is -2.30. The molecule has 1 heterocycles. The number of hydrogen-bond donors (Lipinski definition) is 1. The molecule has 0 bridgehead atoms. The maximum Gasteiger partial charge on any atom is 0.253 e. The van der Waals surface area contributed by atoms with E-state index in [1.807, 2.05) is 42.5 Å². The Morgan fingerprint density at radius 2 is 1.76 bits per heavy atom. The van der Waals surface area contributed by atoms with Crippen molar-refractivity contribution in [2.75, 3.05) is 13.1 Å². The summed E-state index contributed by atoms with van der Waals surface area (Å²) in [4.78, 5) is 25.7. The summed E-state index contributed by atoms with van der Waals surface area (Å²) in [6.07, 6.45) is 1.26. The molecule has 1 saturated heterocycles. The van der Waals surface area contributed by atoms with Crippen LogP contribution in [-0.4, -0.2) is 29.8 Å². The third-order valence-electron chi connectivity index (χ3n) is 4.51. The van der Waals surface area contributed by atoms with Gasteiger partial charge < -0.3 is 15.4 Å². The van der Waals surface area contributed by atoms with Crippen LogP contribution in [0.4, 0.5) is 0 Å². The number of benzene rings is 2. The van der Waals surface area contributed by atoms with Crippen molar-refractivity contribution in [3.05, 3.63) is 65.7 Å². The van der Waals surface area contributed by atoms with Gasteiger partial charge in [0.15, 0.2) is 0 Å². The van der Waals surface area contributed by atoms with E-state index in [4.69, 9.17) is 10.5 Å². The number of nitrogens with zero attached hydrogens (tertiary/aromatic N) is 1. The van der Waals surface area contributed by atoms with E-state index in [-0.39, 0.29) is 17.7 Å². The number of rotatable bonds is 5. The Balaban J connectivity index is 1.61. The minimum absolute atomic E-state index is 0.0342. The third-order valence-corrected chi connectivity index (χ3v) is 4.51. The van der Waals surface area contributed by atoms with E-state index in [0.29, 0.717) is 43.9 Å². The number of likely N-dealkylation sites (tertiary alicyclic amines) is 1. The standard InChI is InChI=1S/C20H22N2O3/c21-19(23)16-9-11-22(12-10-16)20(24)17-7-4-8-18(13-17)25-14-15-5-2-1-3-6-15/h1-8,13,16H,9-12,14H2,(H2,21,23). The average Bonchev–Trinajstić information content (AvgIpc) is 2.67. The zero-order chi connectivity index (χ0) is 17.6. The van der Waals surface area contributed by atoms with Gasteiger partial charge in [0.1, 0.15) is 12.4 Å². The number of carbonyl (C=O) groups excluding carboxylic acids is 2. The molecule has 2 N–H and O–H groups in total. The van der Waals surface area contributed by atoms with E-state index in [1.165, 1.54) is 0 Å². The largest absolute Gasteiger partial charge is 0.489 e. The Labute approximate surface area is 147 Å². The summed E-state index contributed by atoms with van der Waals surface area (Å²) < 4.78 is 5.79. The summed E-state index contributed by atoms with van der Waals surface area (Å²) in [5.74, 6) is 0.239. The fourth-order valence-electron chi connectivity index (χ4n) is 3.01. The van der Waals surface area contributed by atoms with Gasteiger partial charge in [0.2, 0.25) is 5.91 Å². The Hall–Kier alpha value is -2.82. The summed E-state index contributed by atoms with van der Waals surface area (Å²) in [7, 11) is 0. The Bertz CT molecular complexity index is 738. The van der Waals surface area contributed by atoms with Crippen LogP contribution in [-0.2, 0) is 11.4 Å². The molecule has 130 valence electrons. The number of ether oxygens (including phenoxy) is 1. The Kier molecular flexibility index (Phi) is 5.33. The lowest BCUT2D eigenvalue weighted by Crippen LogP contribution is -2.41. The van der Waals surface area contributed by atoms with Gasteiger partial charge in [0.05, 0.1) is 0 Å². The molecule has 1 aliphatic rings. The van der Waals surface area contributed by atoms with Gasteiger partial charge in [-0.25, -0.2) is 0 Å². The van der Waals surface area contributed by atoms with Crippen LogP contribution >= 0.6 is 0 Å². The number of piperidine rings is 1. The van der Waals surface area contributed by atoms with E-state index in [2.05, 4.69) is 0 Å². The second-order valence-electron chi connectivity index (χ2n) is 6.27. The van der Waals surface area contributed by atoms with Crippen molar-refractivity contribution in [1.29, 1.82) is 0 Å². The van der Waals surface area contributed by atoms with Gasteiger partial charge in [0, 0.05) is 24.6 Å². The number of nitrogens with two attached hydrogens (primary N) is 1. The van der Waals surface area contributed by atoms with Gasteiger partial charge in [-0.3, -0.25) is 9.59 Å². The van der Waals surface area contributed by atoms with Crippen LogP contribution in [0, 0.1) is 5.92 Å². The topological polar surface area (TPSA) is 72.6 Å². The molecule has 0 atom stereocenters. The van der Waals surface area contributed by atoms with Crippen LogP contribution in [0.5, 0.6) is 5.75 Å². The predicted octanol–water partition coefficient (Wildman–Crippen LogP) is 2.60. The Morgan fingerprint density at radius 1 is 1.04 bits per heavy atom. The molecule has 5 heteroatoms. The molecular weight excluding hydrogens is 316 g/mol. The summed E-state index contributed by atoms with van der Waals surface area (Å²) in [6, 6.07) is 17.1. The highest BCUT2D eigenvalue weighted by Gasteiger charge is 2.26. The van der Waals surface area contributed by atoms with Crippen LogP contribution in [0.15, 0.2) is 54.6 Å². The molecule has 1 aliphatic heterocycles. The molecule has 3 rings (SSSR count). The van der Waals surface area contributed by atoms with E-state index >= 15 is 0 Å². The molecule has 2 aromatic carbocycles. The summed E-state index contributed by atoms with van der Waals surface area (Å²) in [5, 5.41) is 0. The lowest BCUT2D eigenvalue weighted by molar-refractivity contribution is -0.123. The SMILES string of the molecule is NC(=O)C1CCN(C(=O)c2cccc(OCc3ccccc3)c2)CC1. The number of carbonyl (C=O) groups is 2. The highest BCUT2D eigenvalue weighted by molar-refractivity contribution is 5.94. The maximum atomic E-state index is 12.7. The van der Waals surface area contributed by atoms with Gasteiger partial charge in [-0.2, -0.15) is 0 Å². The molecule has 0 saturated carbocycles. The summed E-state index contributed by atoms with van der Waals surface area (Å²) in [6.45, 7) is 1.57. The molecule has 0 aliphatic carbocycles. The van der Waals surface area contributed by atoms with E-state index in [1.54, 1.807) is 17.0 Å². The molecule has 2 amide bonds. The molecule has 0 aromatic heterocycles. The van der Waals surface area contributed by atoms with Gasteiger partial charge in [-0.1, -0.05) is 36.4 Å². The van der Waals surface area contributed by atoms with Crippen LogP contribution in [0.25, 0.3) is 0 Å². The molecule has 0 radical (unpaired) electrons. The summed E-state index contributed by atoms with van der Waals surface area (Å²) >= 11 is 0. The molecule has 25 heavy (non-hydrogen) atoms. The smallest absolute Gasteiger partial charge is 0.253 e. The van der Waals surface area contributed by atoms with Crippen molar-refractivity contribution in [1.82, 2.24) is 4.90 Å².